The van der Waals surface area contributed by atoms with Crippen molar-refractivity contribution in [2.45, 2.75) is 45.4 Å². The van der Waals surface area contributed by atoms with E-state index in [1.54, 1.807) is 6.92 Å². The normalized spacial score (nSPS) is 17.6. The zero-order chi connectivity index (χ0) is 14.3. The number of sulfonamides is 1. The van der Waals surface area contributed by atoms with E-state index in [4.69, 9.17) is 4.74 Å². The summed E-state index contributed by atoms with van der Waals surface area (Å²) in [7, 11) is -1.71. The predicted molar refractivity (Wildman–Crippen MR) is 74.2 cm³/mol. The fraction of sp³-hybridized carbons (Fsp3) is 0.923. The molecule has 112 valence electrons. The molecular weight excluding hydrogens is 266 g/mol. The molecule has 0 radical (unpaired) electrons. The van der Waals surface area contributed by atoms with Gasteiger partial charge in [-0.3, -0.25) is 4.79 Å². The first-order valence-corrected chi connectivity index (χ1v) is 8.66. The lowest BCUT2D eigenvalue weighted by molar-refractivity contribution is -0.143. The highest BCUT2D eigenvalue weighted by molar-refractivity contribution is 7.89. The van der Waals surface area contributed by atoms with Crippen molar-refractivity contribution < 1.29 is 17.9 Å². The summed E-state index contributed by atoms with van der Waals surface area (Å²) in [5, 5.41) is 0. The maximum atomic E-state index is 12.1. The van der Waals surface area contributed by atoms with E-state index in [0.717, 1.165) is 25.7 Å². The number of esters is 1. The van der Waals surface area contributed by atoms with Crippen LogP contribution in [-0.2, 0) is 19.6 Å². The average Bonchev–Trinajstić information content (AvgIpc) is 2.37. The molecule has 0 bridgehead atoms. The zero-order valence-corrected chi connectivity index (χ0v) is 12.7. The number of carbonyl (C=O) groups excluding carboxylic acids is 1. The second-order valence-corrected chi connectivity index (χ2v) is 7.28. The van der Waals surface area contributed by atoms with E-state index in [1.807, 2.05) is 0 Å². The summed E-state index contributed by atoms with van der Waals surface area (Å²) in [4.78, 5) is 11.2. The summed E-state index contributed by atoms with van der Waals surface area (Å²) >= 11 is 0. The molecule has 0 aromatic heterocycles. The molecule has 1 aliphatic rings. The van der Waals surface area contributed by atoms with Gasteiger partial charge in [0.25, 0.3) is 0 Å². The van der Waals surface area contributed by atoms with E-state index in [1.165, 1.54) is 17.8 Å². The van der Waals surface area contributed by atoms with Crippen molar-refractivity contribution >= 4 is 16.0 Å². The topological polar surface area (TPSA) is 63.7 Å². The quantitative estimate of drug-likeness (QED) is 0.671. The van der Waals surface area contributed by atoms with E-state index in [0.29, 0.717) is 6.61 Å². The number of hydrogen-bond donors (Lipinski definition) is 0. The van der Waals surface area contributed by atoms with Gasteiger partial charge < -0.3 is 4.74 Å². The van der Waals surface area contributed by atoms with Crippen molar-refractivity contribution in [3.8, 4) is 0 Å². The Kier molecular flexibility index (Phi) is 6.79. The summed E-state index contributed by atoms with van der Waals surface area (Å²) in [5.74, 6) is 0.151. The van der Waals surface area contributed by atoms with Gasteiger partial charge >= 0.3 is 5.97 Å². The molecule has 1 saturated carbocycles. The summed E-state index contributed by atoms with van der Waals surface area (Å²) < 4.78 is 30.4. The van der Waals surface area contributed by atoms with Crippen LogP contribution in [0.5, 0.6) is 0 Å². The van der Waals surface area contributed by atoms with Gasteiger partial charge in [-0.15, -0.1) is 0 Å². The lowest BCUT2D eigenvalue weighted by Crippen LogP contribution is -2.34. The number of hydrogen-bond acceptors (Lipinski definition) is 4. The number of nitrogens with zero attached hydrogens (tertiary/aromatic N) is 1. The second kappa shape index (κ2) is 7.85. The van der Waals surface area contributed by atoms with Gasteiger partial charge in [0.15, 0.2) is 0 Å². The van der Waals surface area contributed by atoms with Crippen molar-refractivity contribution in [2.24, 2.45) is 5.92 Å². The number of carbonyl (C=O) groups is 1. The average molecular weight is 291 g/mol. The molecule has 0 unspecified atom stereocenters. The predicted octanol–water partition coefficient (Wildman–Crippen LogP) is 1.78. The van der Waals surface area contributed by atoms with Crippen molar-refractivity contribution in [2.75, 3.05) is 26.0 Å². The second-order valence-electron chi connectivity index (χ2n) is 5.16. The van der Waals surface area contributed by atoms with Gasteiger partial charge in [0.1, 0.15) is 0 Å². The molecule has 1 aliphatic carbocycles. The minimum atomic E-state index is -3.24. The van der Waals surface area contributed by atoms with E-state index in [-0.39, 0.29) is 30.6 Å². The van der Waals surface area contributed by atoms with Crippen LogP contribution in [0.25, 0.3) is 0 Å². The highest BCUT2D eigenvalue weighted by Gasteiger charge is 2.25. The Hall–Kier alpha value is -0.620. The Bertz CT molecular complexity index is 374. The lowest BCUT2D eigenvalue weighted by atomic mass is 9.91. The molecule has 0 N–H and O–H groups in total. The molecule has 0 heterocycles. The van der Waals surface area contributed by atoms with E-state index in [2.05, 4.69) is 0 Å². The van der Waals surface area contributed by atoms with Crippen LogP contribution in [0.1, 0.15) is 45.4 Å². The highest BCUT2D eigenvalue weighted by atomic mass is 32.2. The molecule has 5 nitrogen and oxygen atoms in total. The fourth-order valence-corrected chi connectivity index (χ4v) is 3.95. The van der Waals surface area contributed by atoms with Crippen LogP contribution in [0.15, 0.2) is 0 Å². The Morgan fingerprint density at radius 1 is 1.26 bits per heavy atom. The first-order valence-electron chi connectivity index (χ1n) is 7.05. The van der Waals surface area contributed by atoms with Crippen LogP contribution in [0.3, 0.4) is 0 Å². The smallest absolute Gasteiger partial charge is 0.307 e. The molecule has 0 aromatic carbocycles. The largest absolute Gasteiger partial charge is 0.466 e. The SMILES string of the molecule is CCOC(=O)CCN(C)S(=O)(=O)CC1CCCCC1. The monoisotopic (exact) mass is 291 g/mol. The zero-order valence-electron chi connectivity index (χ0n) is 11.9. The molecule has 0 spiro atoms. The van der Waals surface area contributed by atoms with Crippen LogP contribution >= 0.6 is 0 Å². The molecule has 0 amide bonds. The van der Waals surface area contributed by atoms with Gasteiger partial charge in [0.2, 0.25) is 10.0 Å². The molecule has 0 atom stereocenters. The Labute approximate surface area is 116 Å². The summed E-state index contributed by atoms with van der Waals surface area (Å²) in [6.45, 7) is 2.27. The minimum absolute atomic E-state index is 0.119. The van der Waals surface area contributed by atoms with Gasteiger partial charge in [-0.05, 0) is 25.7 Å². The third kappa shape index (κ3) is 5.91. The van der Waals surface area contributed by atoms with Crippen molar-refractivity contribution in [1.29, 1.82) is 0 Å². The highest BCUT2D eigenvalue weighted by Crippen LogP contribution is 2.25. The van der Waals surface area contributed by atoms with Crippen molar-refractivity contribution in [1.82, 2.24) is 4.31 Å². The van der Waals surface area contributed by atoms with Gasteiger partial charge in [-0.1, -0.05) is 19.3 Å². The van der Waals surface area contributed by atoms with Gasteiger partial charge in [-0.25, -0.2) is 12.7 Å². The Morgan fingerprint density at radius 3 is 2.47 bits per heavy atom. The van der Waals surface area contributed by atoms with Crippen LogP contribution in [0, 0.1) is 5.92 Å². The Morgan fingerprint density at radius 2 is 1.89 bits per heavy atom. The third-order valence-electron chi connectivity index (χ3n) is 3.58. The molecule has 19 heavy (non-hydrogen) atoms. The van der Waals surface area contributed by atoms with E-state index >= 15 is 0 Å². The molecule has 6 heteroatoms. The van der Waals surface area contributed by atoms with Crippen LogP contribution in [0.4, 0.5) is 0 Å². The fourth-order valence-electron chi connectivity index (χ4n) is 2.40. The number of rotatable bonds is 7. The van der Waals surface area contributed by atoms with Crippen LogP contribution in [-0.4, -0.2) is 44.6 Å². The van der Waals surface area contributed by atoms with E-state index in [9.17, 15) is 13.2 Å². The Balaban J connectivity index is 2.40. The summed E-state index contributed by atoms with van der Waals surface area (Å²) in [5.41, 5.74) is 0. The van der Waals surface area contributed by atoms with Crippen LogP contribution < -0.4 is 0 Å². The van der Waals surface area contributed by atoms with Gasteiger partial charge in [0, 0.05) is 13.6 Å². The third-order valence-corrected chi connectivity index (χ3v) is 5.61. The first kappa shape index (κ1) is 16.4. The minimum Gasteiger partial charge on any atom is -0.466 e. The standard InChI is InChI=1S/C13H25NO4S/c1-3-18-13(15)9-10-14(2)19(16,17)11-12-7-5-4-6-8-12/h12H,3-11H2,1-2H3. The van der Waals surface area contributed by atoms with E-state index < -0.39 is 10.0 Å². The van der Waals surface area contributed by atoms with Gasteiger partial charge in [-0.2, -0.15) is 0 Å². The molecular formula is C13H25NO4S. The molecule has 1 rings (SSSR count). The van der Waals surface area contributed by atoms with Crippen molar-refractivity contribution in [3.05, 3.63) is 0 Å². The maximum Gasteiger partial charge on any atom is 0.307 e. The van der Waals surface area contributed by atoms with Gasteiger partial charge in [0.05, 0.1) is 18.8 Å². The maximum absolute atomic E-state index is 12.1. The van der Waals surface area contributed by atoms with Crippen LogP contribution in [0.2, 0.25) is 0 Å². The van der Waals surface area contributed by atoms with Crippen molar-refractivity contribution in [3.63, 3.8) is 0 Å². The first-order chi connectivity index (χ1) is 8.95. The number of ether oxygens (including phenoxy) is 1. The summed E-state index contributed by atoms with van der Waals surface area (Å²) in [6, 6.07) is 0. The molecule has 0 saturated heterocycles. The molecule has 1 fully saturated rings. The lowest BCUT2D eigenvalue weighted by Gasteiger charge is -2.24. The molecule has 0 aromatic rings. The summed E-state index contributed by atoms with van der Waals surface area (Å²) in [6.07, 6.45) is 5.61. The molecule has 0 aliphatic heterocycles.